The summed E-state index contributed by atoms with van der Waals surface area (Å²) in [7, 11) is 0. The van der Waals surface area contributed by atoms with Crippen molar-refractivity contribution < 1.29 is 19.5 Å². The Bertz CT molecular complexity index is 560. The number of carboxylic acids is 1. The monoisotopic (exact) mass is 313 g/mol. The first-order chi connectivity index (χ1) is 9.77. The van der Waals surface area contributed by atoms with Crippen LogP contribution < -0.4 is 16.0 Å². The largest absolute Gasteiger partial charge is 0.478 e. The van der Waals surface area contributed by atoms with Gasteiger partial charge in [0.05, 0.1) is 12.1 Å². The van der Waals surface area contributed by atoms with Crippen molar-refractivity contribution in [3.05, 3.63) is 28.8 Å². The van der Waals surface area contributed by atoms with E-state index in [0.29, 0.717) is 0 Å². The molecule has 0 fully saturated rings. The van der Waals surface area contributed by atoms with Crippen LogP contribution in [0.1, 0.15) is 24.2 Å². The molecule has 0 heterocycles. The molecular formula is C13H16ClN3O4. The van der Waals surface area contributed by atoms with Crippen LogP contribution in [-0.4, -0.2) is 35.6 Å². The van der Waals surface area contributed by atoms with Gasteiger partial charge in [0.1, 0.15) is 0 Å². The molecule has 0 aliphatic rings. The molecule has 21 heavy (non-hydrogen) atoms. The van der Waals surface area contributed by atoms with E-state index in [1.807, 2.05) is 0 Å². The molecule has 1 rings (SSSR count). The Balaban J connectivity index is 2.59. The van der Waals surface area contributed by atoms with Gasteiger partial charge in [0, 0.05) is 16.8 Å². The van der Waals surface area contributed by atoms with Crippen LogP contribution in [0.4, 0.5) is 10.5 Å². The fourth-order valence-corrected chi connectivity index (χ4v) is 1.73. The fourth-order valence-electron chi connectivity index (χ4n) is 1.49. The lowest BCUT2D eigenvalue weighted by molar-refractivity contribution is -0.120. The third kappa shape index (κ3) is 6.13. The maximum atomic E-state index is 11.6. The standard InChI is InChI=1S/C13H16ClN3O4/c1-7(2)16-11(18)6-15-13(21)17-10-4-8(12(19)20)3-9(14)5-10/h3-5,7H,6H2,1-2H3,(H,16,18)(H,19,20)(H2,15,17,21). The molecule has 0 radical (unpaired) electrons. The smallest absolute Gasteiger partial charge is 0.335 e. The molecule has 1 aromatic carbocycles. The Morgan fingerprint density at radius 1 is 1.24 bits per heavy atom. The maximum absolute atomic E-state index is 11.6. The van der Waals surface area contributed by atoms with Crippen molar-refractivity contribution in [3.8, 4) is 0 Å². The van der Waals surface area contributed by atoms with Crippen LogP contribution >= 0.6 is 11.6 Å². The predicted octanol–water partition coefficient (Wildman–Crippen LogP) is 1.68. The Kier molecular flexibility index (Phi) is 5.98. The van der Waals surface area contributed by atoms with Gasteiger partial charge in [0.2, 0.25) is 5.91 Å². The molecular weight excluding hydrogens is 298 g/mol. The van der Waals surface area contributed by atoms with E-state index in [0.717, 1.165) is 0 Å². The molecule has 114 valence electrons. The topological polar surface area (TPSA) is 108 Å². The molecule has 0 aromatic heterocycles. The lowest BCUT2D eigenvalue weighted by Gasteiger charge is -2.10. The van der Waals surface area contributed by atoms with E-state index in [-0.39, 0.29) is 34.8 Å². The summed E-state index contributed by atoms with van der Waals surface area (Å²) in [6.07, 6.45) is 0. The van der Waals surface area contributed by atoms with Gasteiger partial charge in [-0.3, -0.25) is 4.79 Å². The van der Waals surface area contributed by atoms with Crippen LogP contribution in [0.2, 0.25) is 5.02 Å². The second-order valence-electron chi connectivity index (χ2n) is 4.56. The van der Waals surface area contributed by atoms with E-state index in [9.17, 15) is 14.4 Å². The first-order valence-electron chi connectivity index (χ1n) is 6.16. The van der Waals surface area contributed by atoms with Crippen molar-refractivity contribution in [1.82, 2.24) is 10.6 Å². The molecule has 8 heteroatoms. The maximum Gasteiger partial charge on any atom is 0.335 e. The number of hydrogen-bond donors (Lipinski definition) is 4. The number of aromatic carboxylic acids is 1. The van der Waals surface area contributed by atoms with Crippen molar-refractivity contribution in [2.75, 3.05) is 11.9 Å². The lowest BCUT2D eigenvalue weighted by atomic mass is 10.2. The first kappa shape index (κ1) is 16.8. The number of carbonyl (C=O) groups is 3. The Labute approximate surface area is 126 Å². The molecule has 0 saturated heterocycles. The number of carboxylic acid groups (broad SMARTS) is 1. The highest BCUT2D eigenvalue weighted by Crippen LogP contribution is 2.19. The van der Waals surface area contributed by atoms with E-state index >= 15 is 0 Å². The molecule has 1 aromatic rings. The van der Waals surface area contributed by atoms with Crippen molar-refractivity contribution in [3.63, 3.8) is 0 Å². The highest BCUT2D eigenvalue weighted by molar-refractivity contribution is 6.31. The number of urea groups is 1. The van der Waals surface area contributed by atoms with Crippen LogP contribution in [0.3, 0.4) is 0 Å². The van der Waals surface area contributed by atoms with Crippen molar-refractivity contribution in [2.45, 2.75) is 19.9 Å². The number of carbonyl (C=O) groups excluding carboxylic acids is 2. The highest BCUT2D eigenvalue weighted by atomic mass is 35.5. The number of hydrogen-bond acceptors (Lipinski definition) is 3. The van der Waals surface area contributed by atoms with Gasteiger partial charge in [0.15, 0.2) is 0 Å². The number of anilines is 1. The normalized spacial score (nSPS) is 10.1. The molecule has 0 aliphatic carbocycles. The van der Waals surface area contributed by atoms with Crippen LogP contribution in [-0.2, 0) is 4.79 Å². The van der Waals surface area contributed by atoms with Crippen molar-refractivity contribution in [2.24, 2.45) is 0 Å². The van der Waals surface area contributed by atoms with E-state index in [1.165, 1.54) is 18.2 Å². The number of halogens is 1. The van der Waals surface area contributed by atoms with Crippen LogP contribution in [0.5, 0.6) is 0 Å². The number of nitrogens with one attached hydrogen (secondary N) is 3. The molecule has 3 amide bonds. The van der Waals surface area contributed by atoms with Crippen LogP contribution in [0.15, 0.2) is 18.2 Å². The lowest BCUT2D eigenvalue weighted by Crippen LogP contribution is -2.41. The molecule has 7 nitrogen and oxygen atoms in total. The van der Waals surface area contributed by atoms with Gasteiger partial charge >= 0.3 is 12.0 Å². The zero-order valence-electron chi connectivity index (χ0n) is 11.6. The van der Waals surface area contributed by atoms with E-state index in [2.05, 4.69) is 16.0 Å². The zero-order chi connectivity index (χ0) is 16.0. The van der Waals surface area contributed by atoms with Gasteiger partial charge < -0.3 is 21.1 Å². The molecule has 0 bridgehead atoms. The molecule has 0 aliphatic heterocycles. The van der Waals surface area contributed by atoms with E-state index in [4.69, 9.17) is 16.7 Å². The highest BCUT2D eigenvalue weighted by Gasteiger charge is 2.10. The Hall–Kier alpha value is -2.28. The summed E-state index contributed by atoms with van der Waals surface area (Å²) in [5, 5.41) is 16.4. The average molecular weight is 314 g/mol. The van der Waals surface area contributed by atoms with Gasteiger partial charge in [-0.25, -0.2) is 9.59 Å². The fraction of sp³-hybridized carbons (Fsp3) is 0.308. The summed E-state index contributed by atoms with van der Waals surface area (Å²) in [6.45, 7) is 3.42. The van der Waals surface area contributed by atoms with Gasteiger partial charge in [-0.1, -0.05) is 11.6 Å². The van der Waals surface area contributed by atoms with Gasteiger partial charge in [0.25, 0.3) is 0 Å². The minimum Gasteiger partial charge on any atom is -0.478 e. The molecule has 0 atom stereocenters. The second kappa shape index (κ2) is 7.49. The SMILES string of the molecule is CC(C)NC(=O)CNC(=O)Nc1cc(Cl)cc(C(=O)O)c1. The first-order valence-corrected chi connectivity index (χ1v) is 6.54. The van der Waals surface area contributed by atoms with Gasteiger partial charge in [-0.2, -0.15) is 0 Å². The molecule has 0 unspecified atom stereocenters. The van der Waals surface area contributed by atoms with Crippen molar-refractivity contribution >= 4 is 35.2 Å². The third-order valence-electron chi connectivity index (χ3n) is 2.26. The summed E-state index contributed by atoms with van der Waals surface area (Å²) in [5.74, 6) is -1.48. The van der Waals surface area contributed by atoms with E-state index in [1.54, 1.807) is 13.8 Å². The van der Waals surface area contributed by atoms with Crippen molar-refractivity contribution in [1.29, 1.82) is 0 Å². The van der Waals surface area contributed by atoms with E-state index < -0.39 is 12.0 Å². The van der Waals surface area contributed by atoms with Crippen LogP contribution in [0, 0.1) is 0 Å². The average Bonchev–Trinajstić information content (AvgIpc) is 2.34. The summed E-state index contributed by atoms with van der Waals surface area (Å²) in [5.41, 5.74) is 0.178. The molecule has 0 saturated carbocycles. The quantitative estimate of drug-likeness (QED) is 0.663. The number of benzene rings is 1. The molecule has 0 spiro atoms. The zero-order valence-corrected chi connectivity index (χ0v) is 12.3. The minimum atomic E-state index is -1.16. The summed E-state index contributed by atoms with van der Waals surface area (Å²) < 4.78 is 0. The number of rotatable bonds is 5. The third-order valence-corrected chi connectivity index (χ3v) is 2.48. The summed E-state index contributed by atoms with van der Waals surface area (Å²) in [6, 6.07) is 3.29. The predicted molar refractivity (Wildman–Crippen MR) is 78.7 cm³/mol. The Morgan fingerprint density at radius 3 is 2.48 bits per heavy atom. The van der Waals surface area contributed by atoms with Gasteiger partial charge in [-0.05, 0) is 32.0 Å². The minimum absolute atomic E-state index is 0.0200. The summed E-state index contributed by atoms with van der Waals surface area (Å²) in [4.78, 5) is 33.8. The Morgan fingerprint density at radius 2 is 1.90 bits per heavy atom. The number of amides is 3. The van der Waals surface area contributed by atoms with Crippen LogP contribution in [0.25, 0.3) is 0 Å². The second-order valence-corrected chi connectivity index (χ2v) is 5.00. The van der Waals surface area contributed by atoms with Gasteiger partial charge in [-0.15, -0.1) is 0 Å². The molecule has 4 N–H and O–H groups in total. The summed E-state index contributed by atoms with van der Waals surface area (Å²) >= 11 is 5.76.